The summed E-state index contributed by atoms with van der Waals surface area (Å²) in [5.41, 5.74) is 1.13. The topological polar surface area (TPSA) is 49.2 Å². The molecule has 0 radical (unpaired) electrons. The van der Waals surface area contributed by atoms with Gasteiger partial charge in [0.15, 0.2) is 11.0 Å². The number of rotatable bonds is 7. The highest BCUT2D eigenvalue weighted by atomic mass is 35.5. The molecule has 0 saturated heterocycles. The zero-order valence-electron chi connectivity index (χ0n) is 14.3. The van der Waals surface area contributed by atoms with Crippen LogP contribution in [0.3, 0.4) is 0 Å². The van der Waals surface area contributed by atoms with E-state index in [1.165, 1.54) is 18.2 Å². The van der Waals surface area contributed by atoms with Crippen LogP contribution in [-0.2, 0) is 19.4 Å². The van der Waals surface area contributed by atoms with Gasteiger partial charge in [-0.2, -0.15) is 0 Å². The van der Waals surface area contributed by atoms with Crippen molar-refractivity contribution in [2.45, 2.75) is 17.5 Å². The highest BCUT2D eigenvalue weighted by Gasteiger charge is 2.11. The molecule has 3 rings (SSSR count). The van der Waals surface area contributed by atoms with Crippen LogP contribution >= 0.6 is 23.4 Å². The Morgan fingerprint density at radius 2 is 2.04 bits per heavy atom. The quantitative estimate of drug-likeness (QED) is 0.553. The molecule has 0 saturated carbocycles. The molecular weight excluding hydrogens is 377 g/mol. The minimum atomic E-state index is -0.405. The SMILES string of the molecule is COc1cccc(CSc2nnc(COc3ccc(F)cc3Cl)n2C)c1. The molecule has 1 heterocycles. The summed E-state index contributed by atoms with van der Waals surface area (Å²) in [7, 11) is 3.52. The van der Waals surface area contributed by atoms with E-state index < -0.39 is 5.82 Å². The number of hydrogen-bond donors (Lipinski definition) is 0. The standard InChI is InChI=1S/C18H17ClFN3O2S/c1-23-17(10-25-16-7-6-13(20)9-15(16)19)21-22-18(23)26-11-12-4-3-5-14(8-12)24-2/h3-9H,10-11H2,1-2H3. The zero-order chi connectivity index (χ0) is 18.5. The third kappa shape index (κ3) is 4.47. The number of ether oxygens (including phenoxy) is 2. The molecule has 8 heteroatoms. The minimum Gasteiger partial charge on any atom is -0.497 e. The predicted molar refractivity (Wildman–Crippen MR) is 99.3 cm³/mol. The summed E-state index contributed by atoms with van der Waals surface area (Å²) >= 11 is 7.53. The van der Waals surface area contributed by atoms with Gasteiger partial charge in [-0.15, -0.1) is 10.2 Å². The van der Waals surface area contributed by atoms with Crippen molar-refractivity contribution in [1.82, 2.24) is 14.8 Å². The molecular formula is C18H17ClFN3O2S. The minimum absolute atomic E-state index is 0.189. The summed E-state index contributed by atoms with van der Waals surface area (Å²) in [6.45, 7) is 0.189. The number of halogens is 2. The third-order valence-electron chi connectivity index (χ3n) is 3.68. The summed E-state index contributed by atoms with van der Waals surface area (Å²) in [6.07, 6.45) is 0. The predicted octanol–water partition coefficient (Wildman–Crippen LogP) is 4.49. The molecule has 1 aromatic heterocycles. The van der Waals surface area contributed by atoms with Gasteiger partial charge in [-0.1, -0.05) is 35.5 Å². The maximum atomic E-state index is 13.1. The van der Waals surface area contributed by atoms with Crippen LogP contribution in [0.5, 0.6) is 11.5 Å². The molecule has 0 unspecified atom stereocenters. The molecule has 3 aromatic rings. The molecule has 136 valence electrons. The molecule has 0 spiro atoms. The smallest absolute Gasteiger partial charge is 0.191 e. The van der Waals surface area contributed by atoms with Crippen molar-refractivity contribution in [3.05, 3.63) is 64.7 Å². The molecule has 0 aliphatic rings. The van der Waals surface area contributed by atoms with Crippen molar-refractivity contribution in [1.29, 1.82) is 0 Å². The lowest BCUT2D eigenvalue weighted by atomic mass is 10.2. The second-order valence-electron chi connectivity index (χ2n) is 5.46. The van der Waals surface area contributed by atoms with Crippen LogP contribution in [0.1, 0.15) is 11.4 Å². The lowest BCUT2D eigenvalue weighted by molar-refractivity contribution is 0.290. The molecule has 0 fully saturated rings. The Morgan fingerprint density at radius 3 is 2.81 bits per heavy atom. The van der Waals surface area contributed by atoms with Crippen LogP contribution in [0.2, 0.25) is 5.02 Å². The third-order valence-corrected chi connectivity index (χ3v) is 5.06. The van der Waals surface area contributed by atoms with Gasteiger partial charge >= 0.3 is 0 Å². The lowest BCUT2D eigenvalue weighted by Crippen LogP contribution is -2.04. The first-order valence-corrected chi connectivity index (χ1v) is 9.15. The number of benzene rings is 2. The zero-order valence-corrected chi connectivity index (χ0v) is 15.9. The number of methoxy groups -OCH3 is 1. The molecule has 0 aliphatic heterocycles. The highest BCUT2D eigenvalue weighted by molar-refractivity contribution is 7.98. The van der Waals surface area contributed by atoms with Gasteiger partial charge in [0.05, 0.1) is 12.1 Å². The second kappa shape index (κ2) is 8.42. The second-order valence-corrected chi connectivity index (χ2v) is 6.81. The van der Waals surface area contributed by atoms with Gasteiger partial charge < -0.3 is 14.0 Å². The molecule has 0 bridgehead atoms. The van der Waals surface area contributed by atoms with Gasteiger partial charge in [-0.25, -0.2) is 4.39 Å². The number of nitrogens with zero attached hydrogens (tertiary/aromatic N) is 3. The normalized spacial score (nSPS) is 10.8. The van der Waals surface area contributed by atoms with Crippen LogP contribution in [0.25, 0.3) is 0 Å². The highest BCUT2D eigenvalue weighted by Crippen LogP contribution is 2.27. The Morgan fingerprint density at radius 1 is 1.19 bits per heavy atom. The van der Waals surface area contributed by atoms with Crippen molar-refractivity contribution in [2.24, 2.45) is 7.05 Å². The fourth-order valence-electron chi connectivity index (χ4n) is 2.24. The maximum Gasteiger partial charge on any atom is 0.191 e. The van der Waals surface area contributed by atoms with Gasteiger partial charge in [0.1, 0.15) is 23.9 Å². The van der Waals surface area contributed by atoms with Crippen molar-refractivity contribution < 1.29 is 13.9 Å². The van der Waals surface area contributed by atoms with E-state index in [1.54, 1.807) is 18.9 Å². The number of thioether (sulfide) groups is 1. The monoisotopic (exact) mass is 393 g/mol. The van der Waals surface area contributed by atoms with Gasteiger partial charge in [-0.3, -0.25) is 0 Å². The largest absolute Gasteiger partial charge is 0.497 e. The Labute approximate surface area is 160 Å². The van der Waals surface area contributed by atoms with Crippen molar-refractivity contribution >= 4 is 23.4 Å². The molecule has 5 nitrogen and oxygen atoms in total. The fourth-order valence-corrected chi connectivity index (χ4v) is 3.34. The van der Waals surface area contributed by atoms with Gasteiger partial charge in [-0.05, 0) is 35.9 Å². The van der Waals surface area contributed by atoms with Crippen LogP contribution in [0, 0.1) is 5.82 Å². The summed E-state index contributed by atoms with van der Waals surface area (Å²) in [4.78, 5) is 0. The van der Waals surface area contributed by atoms with Gasteiger partial charge in [0, 0.05) is 12.8 Å². The van der Waals surface area contributed by atoms with E-state index in [0.717, 1.165) is 22.2 Å². The van der Waals surface area contributed by atoms with Crippen LogP contribution < -0.4 is 9.47 Å². The first kappa shape index (κ1) is 18.5. The molecule has 0 aliphatic carbocycles. The van der Waals surface area contributed by atoms with Gasteiger partial charge in [0.2, 0.25) is 0 Å². The first-order valence-electron chi connectivity index (χ1n) is 7.78. The summed E-state index contributed by atoms with van der Waals surface area (Å²) in [6, 6.07) is 11.9. The molecule has 26 heavy (non-hydrogen) atoms. The Hall–Kier alpha value is -2.25. The van der Waals surface area contributed by atoms with E-state index in [4.69, 9.17) is 21.1 Å². The van der Waals surface area contributed by atoms with E-state index >= 15 is 0 Å². The first-order chi connectivity index (χ1) is 12.6. The average molecular weight is 394 g/mol. The summed E-state index contributed by atoms with van der Waals surface area (Å²) in [5.74, 6) is 2.22. The maximum absolute atomic E-state index is 13.1. The van der Waals surface area contributed by atoms with Crippen LogP contribution in [0.15, 0.2) is 47.6 Å². The molecule has 2 aromatic carbocycles. The number of hydrogen-bond acceptors (Lipinski definition) is 5. The Balaban J connectivity index is 1.62. The Bertz CT molecular complexity index is 904. The Kier molecular flexibility index (Phi) is 6.00. The lowest BCUT2D eigenvalue weighted by Gasteiger charge is -2.08. The summed E-state index contributed by atoms with van der Waals surface area (Å²) < 4.78 is 25.8. The van der Waals surface area contributed by atoms with Crippen LogP contribution in [0.4, 0.5) is 4.39 Å². The van der Waals surface area contributed by atoms with E-state index in [1.807, 2.05) is 35.9 Å². The van der Waals surface area contributed by atoms with Crippen LogP contribution in [-0.4, -0.2) is 21.9 Å². The van der Waals surface area contributed by atoms with E-state index in [0.29, 0.717) is 11.6 Å². The number of aromatic nitrogens is 3. The van der Waals surface area contributed by atoms with Crippen molar-refractivity contribution in [2.75, 3.05) is 7.11 Å². The fraction of sp³-hybridized carbons (Fsp3) is 0.222. The van der Waals surface area contributed by atoms with E-state index in [9.17, 15) is 4.39 Å². The van der Waals surface area contributed by atoms with E-state index in [2.05, 4.69) is 10.2 Å². The summed E-state index contributed by atoms with van der Waals surface area (Å²) in [5, 5.41) is 9.34. The van der Waals surface area contributed by atoms with Gasteiger partial charge in [0.25, 0.3) is 0 Å². The molecule has 0 N–H and O–H groups in total. The van der Waals surface area contributed by atoms with Crippen molar-refractivity contribution in [3.63, 3.8) is 0 Å². The molecule has 0 atom stereocenters. The molecule has 0 amide bonds. The average Bonchev–Trinajstić information content (AvgIpc) is 2.99. The van der Waals surface area contributed by atoms with Crippen molar-refractivity contribution in [3.8, 4) is 11.5 Å². The van der Waals surface area contributed by atoms with E-state index in [-0.39, 0.29) is 11.6 Å².